The van der Waals surface area contributed by atoms with E-state index in [4.69, 9.17) is 22.1 Å². The number of hydrogen-bond donors (Lipinski definition) is 1. The Balaban J connectivity index is 2.29. The standard InChI is InChI=1S/C12H11ClF2N2O/c13-8-3-7-1-2-17(11(7)10(15)9(8)14)12(4-16)5-18-6-12/h1-3H,4-6,16H2. The Hall–Kier alpha value is -1.17. The lowest BCUT2D eigenvalue weighted by Crippen LogP contribution is -2.56. The summed E-state index contributed by atoms with van der Waals surface area (Å²) in [7, 11) is 0. The van der Waals surface area contributed by atoms with E-state index < -0.39 is 17.2 Å². The average Bonchev–Trinajstić information content (AvgIpc) is 2.70. The normalized spacial score (nSPS) is 18.0. The number of halogens is 3. The van der Waals surface area contributed by atoms with Gasteiger partial charge in [0.2, 0.25) is 0 Å². The molecule has 1 aromatic carbocycles. The zero-order valence-electron chi connectivity index (χ0n) is 9.42. The topological polar surface area (TPSA) is 40.2 Å². The van der Waals surface area contributed by atoms with Crippen LogP contribution in [0.5, 0.6) is 0 Å². The highest BCUT2D eigenvalue weighted by atomic mass is 35.5. The molecule has 0 radical (unpaired) electrons. The van der Waals surface area contributed by atoms with E-state index in [0.29, 0.717) is 25.1 Å². The van der Waals surface area contributed by atoms with Crippen LogP contribution in [-0.4, -0.2) is 24.3 Å². The van der Waals surface area contributed by atoms with Gasteiger partial charge in [0.15, 0.2) is 11.6 Å². The third kappa shape index (κ3) is 1.41. The molecule has 1 aromatic heterocycles. The summed E-state index contributed by atoms with van der Waals surface area (Å²) < 4.78 is 34.4. The van der Waals surface area contributed by atoms with Gasteiger partial charge < -0.3 is 15.0 Å². The zero-order valence-corrected chi connectivity index (χ0v) is 10.2. The third-order valence-electron chi connectivity index (χ3n) is 3.44. The molecule has 1 aliphatic heterocycles. The fourth-order valence-corrected chi connectivity index (χ4v) is 2.49. The highest BCUT2D eigenvalue weighted by Gasteiger charge is 2.40. The molecule has 0 spiro atoms. The Bertz CT molecular complexity index is 617. The summed E-state index contributed by atoms with van der Waals surface area (Å²) in [4.78, 5) is 0. The van der Waals surface area contributed by atoms with Crippen molar-refractivity contribution in [3.8, 4) is 0 Å². The maximum Gasteiger partial charge on any atom is 0.184 e. The maximum absolute atomic E-state index is 14.0. The Morgan fingerprint density at radius 1 is 1.39 bits per heavy atom. The SMILES string of the molecule is NCC1(n2ccc3cc(Cl)c(F)c(F)c32)COC1. The van der Waals surface area contributed by atoms with Crippen LogP contribution in [0.3, 0.4) is 0 Å². The molecule has 3 nitrogen and oxygen atoms in total. The molecule has 2 N–H and O–H groups in total. The molecule has 1 saturated heterocycles. The predicted octanol–water partition coefficient (Wildman–Crippen LogP) is 2.26. The molecule has 0 atom stereocenters. The lowest BCUT2D eigenvalue weighted by Gasteiger charge is -2.42. The largest absolute Gasteiger partial charge is 0.376 e. The Morgan fingerprint density at radius 3 is 2.67 bits per heavy atom. The van der Waals surface area contributed by atoms with Gasteiger partial charge in [0.05, 0.1) is 23.8 Å². The summed E-state index contributed by atoms with van der Waals surface area (Å²) in [5.74, 6) is -1.97. The Morgan fingerprint density at radius 2 is 2.11 bits per heavy atom. The molecule has 2 heterocycles. The van der Waals surface area contributed by atoms with Crippen molar-refractivity contribution in [3.05, 3.63) is 35.0 Å². The predicted molar refractivity (Wildman–Crippen MR) is 64.7 cm³/mol. The Labute approximate surface area is 107 Å². The monoisotopic (exact) mass is 272 g/mol. The number of nitrogens with two attached hydrogens (primary N) is 1. The summed E-state index contributed by atoms with van der Waals surface area (Å²) in [6, 6.07) is 3.11. The minimum absolute atomic E-state index is 0.186. The van der Waals surface area contributed by atoms with Crippen molar-refractivity contribution < 1.29 is 13.5 Å². The van der Waals surface area contributed by atoms with Gasteiger partial charge in [-0.25, -0.2) is 8.78 Å². The molecule has 1 fully saturated rings. The van der Waals surface area contributed by atoms with E-state index in [-0.39, 0.29) is 10.5 Å². The quantitative estimate of drug-likeness (QED) is 0.852. The van der Waals surface area contributed by atoms with Gasteiger partial charge in [-0.15, -0.1) is 0 Å². The average molecular weight is 273 g/mol. The first-order valence-corrected chi connectivity index (χ1v) is 5.90. The van der Waals surface area contributed by atoms with Crippen LogP contribution < -0.4 is 5.73 Å². The molecule has 0 saturated carbocycles. The second-order valence-electron chi connectivity index (χ2n) is 4.53. The first-order chi connectivity index (χ1) is 8.59. The summed E-state index contributed by atoms with van der Waals surface area (Å²) in [6.45, 7) is 1.11. The highest BCUT2D eigenvalue weighted by molar-refractivity contribution is 6.31. The lowest BCUT2D eigenvalue weighted by atomic mass is 9.97. The van der Waals surface area contributed by atoms with Crippen molar-refractivity contribution in [2.24, 2.45) is 5.73 Å². The number of rotatable bonds is 2. The number of nitrogens with zero attached hydrogens (tertiary/aromatic N) is 1. The molecule has 1 aliphatic rings. The van der Waals surface area contributed by atoms with Crippen molar-refractivity contribution in [3.63, 3.8) is 0 Å². The van der Waals surface area contributed by atoms with Crippen molar-refractivity contribution in [1.82, 2.24) is 4.57 Å². The van der Waals surface area contributed by atoms with Crippen LogP contribution in [0.15, 0.2) is 18.3 Å². The molecule has 96 valence electrons. The van der Waals surface area contributed by atoms with Crippen LogP contribution in [0.25, 0.3) is 10.9 Å². The molecule has 3 rings (SSSR count). The molecule has 2 aromatic rings. The summed E-state index contributed by atoms with van der Waals surface area (Å²) in [6.07, 6.45) is 1.69. The molecule has 6 heteroatoms. The number of hydrogen-bond acceptors (Lipinski definition) is 2. The number of benzene rings is 1. The van der Waals surface area contributed by atoms with E-state index >= 15 is 0 Å². The van der Waals surface area contributed by atoms with E-state index in [9.17, 15) is 8.78 Å². The second-order valence-corrected chi connectivity index (χ2v) is 4.94. The van der Waals surface area contributed by atoms with Crippen molar-refractivity contribution in [1.29, 1.82) is 0 Å². The minimum atomic E-state index is -1.03. The van der Waals surface area contributed by atoms with Gasteiger partial charge in [0.1, 0.15) is 5.54 Å². The minimum Gasteiger partial charge on any atom is -0.376 e. The van der Waals surface area contributed by atoms with E-state index in [0.717, 1.165) is 0 Å². The summed E-state index contributed by atoms with van der Waals surface area (Å²) in [5, 5.41) is 0.336. The first kappa shape index (κ1) is 11.9. The van der Waals surface area contributed by atoms with Crippen LogP contribution >= 0.6 is 11.6 Å². The van der Waals surface area contributed by atoms with Gasteiger partial charge in [-0.2, -0.15) is 0 Å². The molecule has 0 aliphatic carbocycles. The molecule has 0 unspecified atom stereocenters. The van der Waals surface area contributed by atoms with Crippen molar-refractivity contribution in [2.45, 2.75) is 5.54 Å². The van der Waals surface area contributed by atoms with Gasteiger partial charge >= 0.3 is 0 Å². The van der Waals surface area contributed by atoms with Gasteiger partial charge in [0.25, 0.3) is 0 Å². The maximum atomic E-state index is 14.0. The molecule has 0 bridgehead atoms. The summed E-state index contributed by atoms with van der Waals surface area (Å²) >= 11 is 5.62. The molecule has 0 amide bonds. The van der Waals surface area contributed by atoms with Crippen molar-refractivity contribution >= 4 is 22.5 Å². The van der Waals surface area contributed by atoms with E-state index in [1.165, 1.54) is 6.07 Å². The van der Waals surface area contributed by atoms with Crippen molar-refractivity contribution in [2.75, 3.05) is 19.8 Å². The number of aromatic nitrogens is 1. The smallest absolute Gasteiger partial charge is 0.184 e. The molecular weight excluding hydrogens is 262 g/mol. The number of ether oxygens (including phenoxy) is 1. The summed E-state index contributed by atoms with van der Waals surface area (Å²) in [5.41, 5.74) is 5.43. The highest BCUT2D eigenvalue weighted by Crippen LogP contribution is 2.34. The van der Waals surface area contributed by atoms with Gasteiger partial charge in [0, 0.05) is 18.1 Å². The van der Waals surface area contributed by atoms with E-state index in [1.54, 1.807) is 16.8 Å². The fraction of sp³-hybridized carbons (Fsp3) is 0.333. The van der Waals surface area contributed by atoms with E-state index in [2.05, 4.69) is 0 Å². The number of fused-ring (bicyclic) bond motifs is 1. The van der Waals surface area contributed by atoms with Gasteiger partial charge in [-0.3, -0.25) is 0 Å². The Kier molecular flexibility index (Phi) is 2.59. The van der Waals surface area contributed by atoms with Gasteiger partial charge in [-0.1, -0.05) is 11.6 Å². The van der Waals surface area contributed by atoms with Crippen LogP contribution in [-0.2, 0) is 10.3 Å². The van der Waals surface area contributed by atoms with Crippen LogP contribution in [0, 0.1) is 11.6 Å². The second kappa shape index (κ2) is 3.91. The van der Waals surface area contributed by atoms with Crippen LogP contribution in [0.1, 0.15) is 0 Å². The fourth-order valence-electron chi connectivity index (χ4n) is 2.29. The third-order valence-corrected chi connectivity index (χ3v) is 3.72. The van der Waals surface area contributed by atoms with E-state index in [1.807, 2.05) is 0 Å². The molecule has 18 heavy (non-hydrogen) atoms. The first-order valence-electron chi connectivity index (χ1n) is 5.52. The van der Waals surface area contributed by atoms with Crippen LogP contribution in [0.2, 0.25) is 5.02 Å². The zero-order chi connectivity index (χ0) is 12.9. The molecular formula is C12H11ClF2N2O. The lowest BCUT2D eigenvalue weighted by molar-refractivity contribution is -0.0929. The van der Waals surface area contributed by atoms with Crippen LogP contribution in [0.4, 0.5) is 8.78 Å². The van der Waals surface area contributed by atoms with Gasteiger partial charge in [-0.05, 0) is 12.1 Å².